The Balaban J connectivity index is 2.88. The lowest BCUT2D eigenvalue weighted by Gasteiger charge is -2.23. The zero-order chi connectivity index (χ0) is 13.0. The van der Waals surface area contributed by atoms with Crippen molar-refractivity contribution in [1.82, 2.24) is 5.32 Å². The van der Waals surface area contributed by atoms with Gasteiger partial charge in [0.05, 0.1) is 6.61 Å². The van der Waals surface area contributed by atoms with Crippen LogP contribution in [0.5, 0.6) is 0 Å². The molecule has 1 rings (SSSR count). The van der Waals surface area contributed by atoms with Gasteiger partial charge in [0.1, 0.15) is 0 Å². The second-order valence-corrected chi connectivity index (χ2v) is 4.97. The molecule has 96 valence electrons. The molecule has 2 N–H and O–H groups in total. The molecule has 0 bridgehead atoms. The maximum Gasteiger partial charge on any atom is 0.0584 e. The van der Waals surface area contributed by atoms with Crippen LogP contribution in [-0.2, 0) is 0 Å². The first-order valence-electron chi connectivity index (χ1n) is 6.44. The van der Waals surface area contributed by atoms with E-state index < -0.39 is 0 Å². The van der Waals surface area contributed by atoms with Gasteiger partial charge in [-0.3, -0.25) is 0 Å². The van der Waals surface area contributed by atoms with Crippen molar-refractivity contribution in [3.63, 3.8) is 0 Å². The van der Waals surface area contributed by atoms with Crippen molar-refractivity contribution in [2.75, 3.05) is 6.61 Å². The second kappa shape index (κ2) is 6.18. The molecule has 2 heteroatoms. The first-order chi connectivity index (χ1) is 7.99. The third-order valence-corrected chi connectivity index (χ3v) is 3.55. The van der Waals surface area contributed by atoms with Crippen LogP contribution in [0.1, 0.15) is 48.6 Å². The first kappa shape index (κ1) is 14.2. The number of hydrogen-bond acceptors (Lipinski definition) is 2. The van der Waals surface area contributed by atoms with Gasteiger partial charge in [-0.05, 0) is 56.4 Å². The van der Waals surface area contributed by atoms with Gasteiger partial charge in [-0.15, -0.1) is 0 Å². The molecule has 0 saturated heterocycles. The van der Waals surface area contributed by atoms with E-state index >= 15 is 0 Å². The normalized spacial score (nSPS) is 14.7. The van der Waals surface area contributed by atoms with Crippen LogP contribution in [0.2, 0.25) is 0 Å². The fourth-order valence-corrected chi connectivity index (χ4v) is 2.19. The van der Waals surface area contributed by atoms with Gasteiger partial charge in [0.25, 0.3) is 0 Å². The number of benzene rings is 1. The van der Waals surface area contributed by atoms with Gasteiger partial charge in [-0.1, -0.05) is 19.1 Å². The summed E-state index contributed by atoms with van der Waals surface area (Å²) in [6.45, 7) is 10.9. The van der Waals surface area contributed by atoms with Crippen LogP contribution in [0, 0.1) is 20.8 Å². The summed E-state index contributed by atoms with van der Waals surface area (Å²) in [5.74, 6) is 0. The van der Waals surface area contributed by atoms with Gasteiger partial charge in [0.15, 0.2) is 0 Å². The Morgan fingerprint density at radius 2 is 1.71 bits per heavy atom. The lowest BCUT2D eigenvalue weighted by atomic mass is 9.96. The van der Waals surface area contributed by atoms with Gasteiger partial charge < -0.3 is 10.4 Å². The molecule has 0 heterocycles. The molecule has 1 aromatic carbocycles. The average molecular weight is 235 g/mol. The average Bonchev–Trinajstić information content (AvgIpc) is 2.30. The van der Waals surface area contributed by atoms with Crippen molar-refractivity contribution < 1.29 is 5.11 Å². The summed E-state index contributed by atoms with van der Waals surface area (Å²) in [6, 6.07) is 4.97. The van der Waals surface area contributed by atoms with Crippen molar-refractivity contribution in [2.24, 2.45) is 0 Å². The Morgan fingerprint density at radius 3 is 2.24 bits per heavy atom. The molecule has 1 aromatic rings. The fraction of sp³-hybridized carbons (Fsp3) is 0.600. The SMILES string of the molecule is CC[C@@H](CO)NC(C)c1cc(C)c(C)cc1C. The van der Waals surface area contributed by atoms with E-state index in [-0.39, 0.29) is 18.7 Å². The van der Waals surface area contributed by atoms with E-state index in [9.17, 15) is 5.11 Å². The summed E-state index contributed by atoms with van der Waals surface area (Å²) in [4.78, 5) is 0. The van der Waals surface area contributed by atoms with Crippen LogP contribution in [0.3, 0.4) is 0 Å². The largest absolute Gasteiger partial charge is 0.395 e. The zero-order valence-corrected chi connectivity index (χ0v) is 11.7. The minimum atomic E-state index is 0.186. The van der Waals surface area contributed by atoms with E-state index in [4.69, 9.17) is 0 Å². The molecule has 0 fully saturated rings. The highest BCUT2D eigenvalue weighted by atomic mass is 16.3. The van der Waals surface area contributed by atoms with Crippen LogP contribution in [-0.4, -0.2) is 17.8 Å². The number of aliphatic hydroxyl groups excluding tert-OH is 1. The highest BCUT2D eigenvalue weighted by Gasteiger charge is 2.13. The van der Waals surface area contributed by atoms with Crippen LogP contribution >= 0.6 is 0 Å². The number of aryl methyl sites for hydroxylation is 3. The maximum atomic E-state index is 9.23. The fourth-order valence-electron chi connectivity index (χ4n) is 2.19. The maximum absolute atomic E-state index is 9.23. The number of aliphatic hydroxyl groups is 1. The van der Waals surface area contributed by atoms with E-state index in [0.717, 1.165) is 6.42 Å². The summed E-state index contributed by atoms with van der Waals surface area (Å²) in [6.07, 6.45) is 0.949. The number of nitrogens with one attached hydrogen (secondary N) is 1. The Hall–Kier alpha value is -0.860. The van der Waals surface area contributed by atoms with E-state index in [1.165, 1.54) is 22.3 Å². The molecule has 0 spiro atoms. The Bertz CT molecular complexity index is 369. The van der Waals surface area contributed by atoms with Gasteiger partial charge >= 0.3 is 0 Å². The van der Waals surface area contributed by atoms with Crippen LogP contribution in [0.15, 0.2) is 12.1 Å². The summed E-state index contributed by atoms with van der Waals surface area (Å²) in [7, 11) is 0. The van der Waals surface area contributed by atoms with Crippen molar-refractivity contribution >= 4 is 0 Å². The predicted octanol–water partition coefficient (Wildman–Crippen LogP) is 3.03. The predicted molar refractivity (Wildman–Crippen MR) is 73.4 cm³/mol. The molecular formula is C15H25NO. The van der Waals surface area contributed by atoms with Gasteiger partial charge in [0.2, 0.25) is 0 Å². The molecular weight excluding hydrogens is 210 g/mol. The quantitative estimate of drug-likeness (QED) is 0.822. The Morgan fingerprint density at radius 1 is 1.12 bits per heavy atom. The number of hydrogen-bond donors (Lipinski definition) is 2. The van der Waals surface area contributed by atoms with Gasteiger partial charge in [-0.25, -0.2) is 0 Å². The summed E-state index contributed by atoms with van der Waals surface area (Å²) in [5.41, 5.74) is 5.32. The minimum absolute atomic E-state index is 0.186. The second-order valence-electron chi connectivity index (χ2n) is 4.97. The third kappa shape index (κ3) is 3.55. The Kier molecular flexibility index (Phi) is 5.16. The Labute approximate surface area is 105 Å². The summed E-state index contributed by atoms with van der Waals surface area (Å²) in [5, 5.41) is 12.7. The van der Waals surface area contributed by atoms with Crippen molar-refractivity contribution in [3.8, 4) is 0 Å². The molecule has 1 unspecified atom stereocenters. The van der Waals surface area contributed by atoms with Crippen LogP contribution < -0.4 is 5.32 Å². The molecule has 0 aliphatic carbocycles. The van der Waals surface area contributed by atoms with E-state index in [1.807, 2.05) is 0 Å². The van der Waals surface area contributed by atoms with Crippen LogP contribution in [0.4, 0.5) is 0 Å². The lowest BCUT2D eigenvalue weighted by Crippen LogP contribution is -2.34. The molecule has 0 aliphatic rings. The standard InChI is InChI=1S/C15H25NO/c1-6-14(9-17)16-13(5)15-8-11(3)10(2)7-12(15)4/h7-8,13-14,16-17H,6,9H2,1-5H3/t13?,14-/m0/s1. The molecule has 0 aliphatic heterocycles. The third-order valence-electron chi connectivity index (χ3n) is 3.55. The molecule has 17 heavy (non-hydrogen) atoms. The summed E-state index contributed by atoms with van der Waals surface area (Å²) < 4.78 is 0. The number of rotatable bonds is 5. The highest BCUT2D eigenvalue weighted by molar-refractivity contribution is 5.38. The van der Waals surface area contributed by atoms with E-state index in [1.54, 1.807) is 0 Å². The first-order valence-corrected chi connectivity index (χ1v) is 6.44. The molecule has 0 radical (unpaired) electrons. The monoisotopic (exact) mass is 235 g/mol. The van der Waals surface area contributed by atoms with Gasteiger partial charge in [-0.2, -0.15) is 0 Å². The molecule has 2 nitrogen and oxygen atoms in total. The summed E-state index contributed by atoms with van der Waals surface area (Å²) >= 11 is 0. The highest BCUT2D eigenvalue weighted by Crippen LogP contribution is 2.22. The minimum Gasteiger partial charge on any atom is -0.395 e. The van der Waals surface area contributed by atoms with Crippen molar-refractivity contribution in [2.45, 2.75) is 53.1 Å². The van der Waals surface area contributed by atoms with Gasteiger partial charge in [0, 0.05) is 12.1 Å². The molecule has 0 saturated carbocycles. The van der Waals surface area contributed by atoms with E-state index in [0.29, 0.717) is 0 Å². The zero-order valence-electron chi connectivity index (χ0n) is 11.7. The topological polar surface area (TPSA) is 32.3 Å². The van der Waals surface area contributed by atoms with Crippen molar-refractivity contribution in [3.05, 3.63) is 34.4 Å². The van der Waals surface area contributed by atoms with E-state index in [2.05, 4.69) is 52.1 Å². The molecule has 0 amide bonds. The van der Waals surface area contributed by atoms with Crippen molar-refractivity contribution in [1.29, 1.82) is 0 Å². The smallest absolute Gasteiger partial charge is 0.0584 e. The molecule has 0 aromatic heterocycles. The van der Waals surface area contributed by atoms with Crippen LogP contribution in [0.25, 0.3) is 0 Å². The lowest BCUT2D eigenvalue weighted by molar-refractivity contribution is 0.230. The molecule has 2 atom stereocenters.